The number of aromatic nitrogens is 3. The number of hydrogen-bond acceptors (Lipinski definition) is 3. The fourth-order valence-electron chi connectivity index (χ4n) is 1.32. The van der Waals surface area contributed by atoms with Gasteiger partial charge in [0.2, 0.25) is 0 Å². The second kappa shape index (κ2) is 4.67. The van der Waals surface area contributed by atoms with Gasteiger partial charge in [-0.25, -0.2) is 0 Å². The molecule has 0 spiro atoms. The smallest absolute Gasteiger partial charge is 0.277 e. The number of anilines is 1. The van der Waals surface area contributed by atoms with Crippen LogP contribution in [0.2, 0.25) is 0 Å². The average molecular weight is 295 g/mol. The van der Waals surface area contributed by atoms with Gasteiger partial charge < -0.3 is 5.32 Å². The van der Waals surface area contributed by atoms with Crippen molar-refractivity contribution in [2.45, 2.75) is 6.92 Å². The van der Waals surface area contributed by atoms with Crippen molar-refractivity contribution < 1.29 is 4.79 Å². The molecule has 5 nitrogen and oxygen atoms in total. The first-order chi connectivity index (χ1) is 8.06. The molecule has 6 heteroatoms. The van der Waals surface area contributed by atoms with Crippen LogP contribution in [0.3, 0.4) is 0 Å². The third-order valence-electron chi connectivity index (χ3n) is 2.26. The van der Waals surface area contributed by atoms with Crippen molar-refractivity contribution in [1.29, 1.82) is 0 Å². The number of nitrogens with zero attached hydrogens (tertiary/aromatic N) is 3. The molecule has 0 atom stereocenters. The number of amides is 1. The molecule has 0 fully saturated rings. The lowest BCUT2D eigenvalue weighted by Crippen LogP contribution is -2.13. The summed E-state index contributed by atoms with van der Waals surface area (Å²) >= 11 is 3.41. The number of carbonyl (C=O) groups excluding carboxylic acids is 1. The molecular formula is C11H11BrN4O. The molecular weight excluding hydrogens is 284 g/mol. The van der Waals surface area contributed by atoms with Gasteiger partial charge in [-0.2, -0.15) is 9.90 Å². The average Bonchev–Trinajstić information content (AvgIpc) is 2.70. The van der Waals surface area contributed by atoms with Gasteiger partial charge in [0.25, 0.3) is 5.91 Å². The number of carbonyl (C=O) groups is 1. The summed E-state index contributed by atoms with van der Waals surface area (Å²) in [5.41, 5.74) is 2.13. The van der Waals surface area contributed by atoms with Gasteiger partial charge in [-0.1, -0.05) is 22.0 Å². The molecule has 0 saturated carbocycles. The molecule has 0 bridgehead atoms. The van der Waals surface area contributed by atoms with Crippen molar-refractivity contribution in [2.24, 2.45) is 7.05 Å². The summed E-state index contributed by atoms with van der Waals surface area (Å²) in [5.74, 6) is -0.270. The maximum absolute atomic E-state index is 11.8. The predicted octanol–water partition coefficient (Wildman–Crippen LogP) is 2.14. The van der Waals surface area contributed by atoms with E-state index in [0.29, 0.717) is 5.69 Å². The topological polar surface area (TPSA) is 59.8 Å². The quantitative estimate of drug-likeness (QED) is 0.923. The molecule has 2 aromatic rings. The van der Waals surface area contributed by atoms with Crippen molar-refractivity contribution in [3.8, 4) is 0 Å². The van der Waals surface area contributed by atoms with Crippen LogP contribution in [0.15, 0.2) is 28.9 Å². The number of rotatable bonds is 2. The third-order valence-corrected chi connectivity index (χ3v) is 3.12. The van der Waals surface area contributed by atoms with Crippen LogP contribution < -0.4 is 5.32 Å². The zero-order valence-electron chi connectivity index (χ0n) is 9.44. The van der Waals surface area contributed by atoms with Gasteiger partial charge in [0, 0.05) is 17.2 Å². The van der Waals surface area contributed by atoms with Gasteiger partial charge >= 0.3 is 0 Å². The predicted molar refractivity (Wildman–Crippen MR) is 67.8 cm³/mol. The maximum Gasteiger partial charge on any atom is 0.277 e. The highest BCUT2D eigenvalue weighted by atomic mass is 79.9. The molecule has 0 aliphatic rings. The van der Waals surface area contributed by atoms with Crippen molar-refractivity contribution >= 4 is 27.5 Å². The van der Waals surface area contributed by atoms with Crippen molar-refractivity contribution in [2.75, 3.05) is 5.32 Å². The zero-order valence-corrected chi connectivity index (χ0v) is 11.0. The lowest BCUT2D eigenvalue weighted by atomic mass is 10.2. The van der Waals surface area contributed by atoms with Gasteiger partial charge in [0.1, 0.15) is 0 Å². The van der Waals surface area contributed by atoms with Gasteiger partial charge in [-0.15, -0.1) is 5.10 Å². The van der Waals surface area contributed by atoms with Gasteiger partial charge in [0.15, 0.2) is 5.69 Å². The first-order valence-electron chi connectivity index (χ1n) is 5.00. The highest BCUT2D eigenvalue weighted by molar-refractivity contribution is 9.10. The minimum Gasteiger partial charge on any atom is -0.321 e. The van der Waals surface area contributed by atoms with Crippen LogP contribution in [-0.2, 0) is 7.05 Å². The van der Waals surface area contributed by atoms with Crippen molar-refractivity contribution in [3.63, 3.8) is 0 Å². The third kappa shape index (κ3) is 2.71. The van der Waals surface area contributed by atoms with Crippen LogP contribution in [0.25, 0.3) is 0 Å². The normalized spacial score (nSPS) is 10.3. The van der Waals surface area contributed by atoms with Crippen LogP contribution in [0.4, 0.5) is 5.69 Å². The lowest BCUT2D eigenvalue weighted by Gasteiger charge is -2.05. The Morgan fingerprint density at radius 2 is 2.24 bits per heavy atom. The Balaban J connectivity index is 2.15. The summed E-state index contributed by atoms with van der Waals surface area (Å²) in [7, 11) is 1.67. The molecule has 0 unspecified atom stereocenters. The van der Waals surface area contributed by atoms with Crippen molar-refractivity contribution in [3.05, 3.63) is 40.1 Å². The van der Waals surface area contributed by atoms with E-state index < -0.39 is 0 Å². The van der Waals surface area contributed by atoms with Crippen molar-refractivity contribution in [1.82, 2.24) is 15.0 Å². The van der Waals surface area contributed by atoms with Gasteiger partial charge in [0.05, 0.1) is 6.20 Å². The van der Waals surface area contributed by atoms with E-state index >= 15 is 0 Å². The number of aryl methyl sites for hydroxylation is 2. The molecule has 1 aromatic heterocycles. The van der Waals surface area contributed by atoms with E-state index in [1.54, 1.807) is 7.05 Å². The Hall–Kier alpha value is -1.69. The molecule has 1 aromatic carbocycles. The maximum atomic E-state index is 11.8. The molecule has 1 heterocycles. The Bertz CT molecular complexity index is 564. The van der Waals surface area contributed by atoms with E-state index in [-0.39, 0.29) is 5.91 Å². The van der Waals surface area contributed by atoms with E-state index in [0.717, 1.165) is 15.7 Å². The van der Waals surface area contributed by atoms with Crippen LogP contribution in [0.1, 0.15) is 16.1 Å². The van der Waals surface area contributed by atoms with Gasteiger partial charge in [-0.05, 0) is 24.6 Å². The highest BCUT2D eigenvalue weighted by Crippen LogP contribution is 2.20. The molecule has 0 radical (unpaired) electrons. The van der Waals surface area contributed by atoms with Crippen LogP contribution in [0, 0.1) is 6.92 Å². The van der Waals surface area contributed by atoms with Crippen LogP contribution >= 0.6 is 15.9 Å². The minimum atomic E-state index is -0.270. The van der Waals surface area contributed by atoms with E-state index in [1.165, 1.54) is 11.0 Å². The number of benzene rings is 1. The Kier molecular flexibility index (Phi) is 3.23. The van der Waals surface area contributed by atoms with Crippen LogP contribution in [-0.4, -0.2) is 20.9 Å². The molecule has 17 heavy (non-hydrogen) atoms. The van der Waals surface area contributed by atoms with Gasteiger partial charge in [-0.3, -0.25) is 4.79 Å². The van der Waals surface area contributed by atoms with Crippen LogP contribution in [0.5, 0.6) is 0 Å². The molecule has 0 aliphatic heterocycles. The molecule has 1 amide bonds. The minimum absolute atomic E-state index is 0.270. The van der Waals surface area contributed by atoms with E-state index in [9.17, 15) is 4.79 Å². The summed E-state index contributed by atoms with van der Waals surface area (Å²) in [6.45, 7) is 1.98. The molecule has 2 rings (SSSR count). The second-order valence-corrected chi connectivity index (χ2v) is 4.49. The Labute approximate surface area is 107 Å². The monoisotopic (exact) mass is 294 g/mol. The molecule has 88 valence electrons. The highest BCUT2D eigenvalue weighted by Gasteiger charge is 2.10. The Morgan fingerprint density at radius 1 is 1.47 bits per heavy atom. The molecule has 0 saturated heterocycles. The SMILES string of the molecule is Cc1ccc(NC(=O)c2cnn(C)n2)cc1Br. The fourth-order valence-corrected chi connectivity index (χ4v) is 1.69. The summed E-state index contributed by atoms with van der Waals surface area (Å²) < 4.78 is 0.953. The number of nitrogens with one attached hydrogen (secondary N) is 1. The Morgan fingerprint density at radius 3 is 2.82 bits per heavy atom. The summed E-state index contributed by atoms with van der Waals surface area (Å²) in [6.07, 6.45) is 1.43. The summed E-state index contributed by atoms with van der Waals surface area (Å²) in [5, 5.41) is 10.5. The zero-order chi connectivity index (χ0) is 12.4. The summed E-state index contributed by atoms with van der Waals surface area (Å²) in [4.78, 5) is 13.1. The largest absolute Gasteiger partial charge is 0.321 e. The first kappa shape index (κ1) is 11.8. The van der Waals surface area contributed by atoms with E-state index in [2.05, 4.69) is 31.4 Å². The molecule has 0 aliphatic carbocycles. The summed E-state index contributed by atoms with van der Waals surface area (Å²) in [6, 6.07) is 5.62. The lowest BCUT2D eigenvalue weighted by molar-refractivity contribution is 0.102. The second-order valence-electron chi connectivity index (χ2n) is 3.64. The van der Waals surface area contributed by atoms with E-state index in [1.807, 2.05) is 25.1 Å². The first-order valence-corrected chi connectivity index (χ1v) is 5.79. The molecule has 1 N–H and O–H groups in total. The standard InChI is InChI=1S/C11H11BrN4O/c1-7-3-4-8(5-9(7)12)14-11(17)10-6-13-16(2)15-10/h3-6H,1-2H3,(H,14,17). The number of hydrogen-bond donors (Lipinski definition) is 1. The fraction of sp³-hybridized carbons (Fsp3) is 0.182. The van der Waals surface area contributed by atoms with E-state index in [4.69, 9.17) is 0 Å². The number of halogens is 1.